The number of phenols is 1. The Hall–Kier alpha value is -2.09. The van der Waals surface area contributed by atoms with Crippen LogP contribution in [-0.2, 0) is 12.8 Å². The highest BCUT2D eigenvalue weighted by atomic mass is 16.3. The van der Waals surface area contributed by atoms with Crippen LogP contribution in [0, 0.1) is 0 Å². The molecule has 0 aliphatic carbocycles. The first kappa shape index (κ1) is 11.4. The quantitative estimate of drug-likeness (QED) is 0.814. The number of carbonyl (C=O) groups is 1. The lowest BCUT2D eigenvalue weighted by atomic mass is 10.0. The largest absolute Gasteiger partial charge is 0.507 e. The first-order valence-corrected chi connectivity index (χ1v) is 5.61. The van der Waals surface area contributed by atoms with Crippen LogP contribution in [-0.4, -0.2) is 11.4 Å². The standard InChI is InChI=1S/C15H14O2/c16-11-14-8-4-7-13(15(14)17)10-9-12-5-2-1-3-6-12/h1-8,11,17H,9-10H2. The van der Waals surface area contributed by atoms with Crippen LogP contribution in [0.5, 0.6) is 5.75 Å². The highest BCUT2D eigenvalue weighted by Crippen LogP contribution is 2.22. The van der Waals surface area contributed by atoms with E-state index in [1.807, 2.05) is 24.3 Å². The van der Waals surface area contributed by atoms with Gasteiger partial charge in [0.05, 0.1) is 5.56 Å². The Kier molecular flexibility index (Phi) is 3.55. The van der Waals surface area contributed by atoms with Gasteiger partial charge in [-0.25, -0.2) is 0 Å². The fourth-order valence-electron chi connectivity index (χ4n) is 1.83. The molecule has 0 aliphatic heterocycles. The fourth-order valence-corrected chi connectivity index (χ4v) is 1.83. The third-order valence-electron chi connectivity index (χ3n) is 2.80. The van der Waals surface area contributed by atoms with Gasteiger partial charge in [0, 0.05) is 0 Å². The summed E-state index contributed by atoms with van der Waals surface area (Å²) in [6.07, 6.45) is 2.27. The number of rotatable bonds is 4. The van der Waals surface area contributed by atoms with Crippen molar-refractivity contribution in [3.05, 3.63) is 65.2 Å². The number of aldehydes is 1. The van der Waals surface area contributed by atoms with Gasteiger partial charge in [-0.3, -0.25) is 4.79 Å². The highest BCUT2D eigenvalue weighted by Gasteiger charge is 2.05. The number of para-hydroxylation sites is 1. The fraction of sp³-hybridized carbons (Fsp3) is 0.133. The normalized spacial score (nSPS) is 10.1. The maximum Gasteiger partial charge on any atom is 0.153 e. The lowest BCUT2D eigenvalue weighted by Gasteiger charge is -2.06. The maximum atomic E-state index is 10.7. The number of aryl methyl sites for hydroxylation is 2. The van der Waals surface area contributed by atoms with Crippen molar-refractivity contribution in [2.45, 2.75) is 12.8 Å². The van der Waals surface area contributed by atoms with E-state index in [1.54, 1.807) is 12.1 Å². The van der Waals surface area contributed by atoms with Gasteiger partial charge in [0.15, 0.2) is 6.29 Å². The monoisotopic (exact) mass is 226 g/mol. The van der Waals surface area contributed by atoms with Crippen LogP contribution in [0.3, 0.4) is 0 Å². The van der Waals surface area contributed by atoms with Crippen molar-refractivity contribution in [1.82, 2.24) is 0 Å². The van der Waals surface area contributed by atoms with Crippen molar-refractivity contribution in [3.63, 3.8) is 0 Å². The van der Waals surface area contributed by atoms with Gasteiger partial charge in [-0.05, 0) is 30.0 Å². The van der Waals surface area contributed by atoms with Crippen LogP contribution in [0.25, 0.3) is 0 Å². The third kappa shape index (κ3) is 2.72. The van der Waals surface area contributed by atoms with Gasteiger partial charge in [0.2, 0.25) is 0 Å². The molecular weight excluding hydrogens is 212 g/mol. The van der Waals surface area contributed by atoms with Crippen LogP contribution < -0.4 is 0 Å². The van der Waals surface area contributed by atoms with E-state index in [2.05, 4.69) is 12.1 Å². The zero-order valence-electron chi connectivity index (χ0n) is 9.47. The second-order valence-corrected chi connectivity index (χ2v) is 3.96. The second-order valence-electron chi connectivity index (χ2n) is 3.96. The van der Waals surface area contributed by atoms with E-state index in [9.17, 15) is 9.90 Å². The van der Waals surface area contributed by atoms with E-state index < -0.39 is 0 Å². The summed E-state index contributed by atoms with van der Waals surface area (Å²) in [5, 5.41) is 9.84. The van der Waals surface area contributed by atoms with Gasteiger partial charge in [-0.1, -0.05) is 42.5 Å². The van der Waals surface area contributed by atoms with Gasteiger partial charge in [0.25, 0.3) is 0 Å². The SMILES string of the molecule is O=Cc1cccc(CCc2ccccc2)c1O. The second kappa shape index (κ2) is 5.30. The van der Waals surface area contributed by atoms with E-state index in [1.165, 1.54) is 5.56 Å². The molecule has 2 rings (SSSR count). The van der Waals surface area contributed by atoms with E-state index in [4.69, 9.17) is 0 Å². The molecule has 0 aromatic heterocycles. The molecule has 2 aromatic carbocycles. The molecular formula is C15H14O2. The number of benzene rings is 2. The minimum absolute atomic E-state index is 0.110. The Balaban J connectivity index is 2.12. The number of hydrogen-bond donors (Lipinski definition) is 1. The summed E-state index contributed by atoms with van der Waals surface area (Å²) >= 11 is 0. The summed E-state index contributed by atoms with van der Waals surface area (Å²) in [5.41, 5.74) is 2.40. The Morgan fingerprint density at radius 1 is 0.941 bits per heavy atom. The minimum atomic E-state index is 0.110. The van der Waals surface area contributed by atoms with Crippen molar-refractivity contribution in [2.24, 2.45) is 0 Å². The van der Waals surface area contributed by atoms with Crippen molar-refractivity contribution in [3.8, 4) is 5.75 Å². The van der Waals surface area contributed by atoms with Gasteiger partial charge in [-0.15, -0.1) is 0 Å². The molecule has 0 saturated heterocycles. The number of carbonyl (C=O) groups excluding carboxylic acids is 1. The number of aromatic hydroxyl groups is 1. The lowest BCUT2D eigenvalue weighted by molar-refractivity contribution is 0.112. The Bertz CT molecular complexity index is 504. The molecule has 2 heteroatoms. The Morgan fingerprint density at radius 2 is 1.71 bits per heavy atom. The van der Waals surface area contributed by atoms with Gasteiger partial charge in [0.1, 0.15) is 5.75 Å². The molecule has 0 spiro atoms. The molecule has 0 aliphatic rings. The van der Waals surface area contributed by atoms with Crippen LogP contribution in [0.15, 0.2) is 48.5 Å². The van der Waals surface area contributed by atoms with Crippen LogP contribution >= 0.6 is 0 Å². The summed E-state index contributed by atoms with van der Waals surface area (Å²) < 4.78 is 0. The van der Waals surface area contributed by atoms with E-state index in [-0.39, 0.29) is 5.75 Å². The first-order chi connectivity index (χ1) is 8.31. The van der Waals surface area contributed by atoms with E-state index >= 15 is 0 Å². The number of hydrogen-bond acceptors (Lipinski definition) is 2. The molecule has 1 N–H and O–H groups in total. The Morgan fingerprint density at radius 3 is 2.41 bits per heavy atom. The molecule has 2 nitrogen and oxygen atoms in total. The summed E-state index contributed by atoms with van der Waals surface area (Å²) in [5.74, 6) is 0.110. The van der Waals surface area contributed by atoms with Crippen LogP contribution in [0.1, 0.15) is 21.5 Å². The first-order valence-electron chi connectivity index (χ1n) is 5.61. The summed E-state index contributed by atoms with van der Waals surface area (Å²) in [4.78, 5) is 10.7. The predicted octanol–water partition coefficient (Wildman–Crippen LogP) is 2.99. The van der Waals surface area contributed by atoms with Crippen molar-refractivity contribution in [1.29, 1.82) is 0 Å². The van der Waals surface area contributed by atoms with Gasteiger partial charge < -0.3 is 5.11 Å². The summed E-state index contributed by atoms with van der Waals surface area (Å²) in [7, 11) is 0. The molecule has 0 fully saturated rings. The van der Waals surface area contributed by atoms with Crippen molar-refractivity contribution < 1.29 is 9.90 Å². The molecule has 0 unspecified atom stereocenters. The summed E-state index contributed by atoms with van der Waals surface area (Å²) in [6, 6.07) is 15.4. The summed E-state index contributed by atoms with van der Waals surface area (Å²) in [6.45, 7) is 0. The smallest absolute Gasteiger partial charge is 0.153 e. The van der Waals surface area contributed by atoms with E-state index in [0.717, 1.165) is 18.4 Å². The van der Waals surface area contributed by atoms with Crippen molar-refractivity contribution >= 4 is 6.29 Å². The lowest BCUT2D eigenvalue weighted by Crippen LogP contribution is -1.93. The molecule has 0 bridgehead atoms. The Labute approximate surface area is 101 Å². The third-order valence-corrected chi connectivity index (χ3v) is 2.80. The maximum absolute atomic E-state index is 10.7. The molecule has 2 aromatic rings. The van der Waals surface area contributed by atoms with Crippen LogP contribution in [0.4, 0.5) is 0 Å². The average molecular weight is 226 g/mol. The zero-order chi connectivity index (χ0) is 12.1. The highest BCUT2D eigenvalue weighted by molar-refractivity contribution is 5.79. The molecule has 86 valence electrons. The van der Waals surface area contributed by atoms with Gasteiger partial charge in [-0.2, -0.15) is 0 Å². The van der Waals surface area contributed by atoms with Crippen LogP contribution in [0.2, 0.25) is 0 Å². The van der Waals surface area contributed by atoms with Gasteiger partial charge >= 0.3 is 0 Å². The number of phenolic OH excluding ortho intramolecular Hbond substituents is 1. The average Bonchev–Trinajstić information content (AvgIpc) is 2.39. The zero-order valence-corrected chi connectivity index (χ0v) is 9.47. The molecule has 0 heterocycles. The molecule has 17 heavy (non-hydrogen) atoms. The molecule has 0 amide bonds. The minimum Gasteiger partial charge on any atom is -0.507 e. The van der Waals surface area contributed by atoms with Crippen molar-refractivity contribution in [2.75, 3.05) is 0 Å². The predicted molar refractivity (Wildman–Crippen MR) is 67.3 cm³/mol. The molecule has 0 atom stereocenters. The molecule has 0 radical (unpaired) electrons. The topological polar surface area (TPSA) is 37.3 Å². The van der Waals surface area contributed by atoms with E-state index in [0.29, 0.717) is 11.8 Å². The molecule has 0 saturated carbocycles.